The zero-order valence-corrected chi connectivity index (χ0v) is 11.8. The fraction of sp³-hybridized carbons (Fsp3) is 0.333. The molecule has 0 spiro atoms. The molecule has 0 bridgehead atoms. The smallest absolute Gasteiger partial charge is 0.352 e. The number of rotatable bonds is 5. The molecule has 96 valence electrons. The van der Waals surface area contributed by atoms with Crippen molar-refractivity contribution < 1.29 is 9.90 Å². The Bertz CT molecular complexity index is 546. The maximum Gasteiger partial charge on any atom is 0.352 e. The van der Waals surface area contributed by atoms with Crippen LogP contribution in [-0.4, -0.2) is 26.3 Å². The average Bonchev–Trinajstić information content (AvgIpc) is 2.95. The van der Waals surface area contributed by atoms with Crippen molar-refractivity contribution in [2.45, 2.75) is 24.9 Å². The molecule has 0 amide bonds. The summed E-state index contributed by atoms with van der Waals surface area (Å²) in [7, 11) is 0. The number of aromatic amines is 1. The van der Waals surface area contributed by atoms with E-state index in [9.17, 15) is 4.79 Å². The fourth-order valence-corrected chi connectivity index (χ4v) is 3.02. The van der Waals surface area contributed by atoms with E-state index in [4.69, 9.17) is 5.11 Å². The second kappa shape index (κ2) is 5.58. The summed E-state index contributed by atoms with van der Waals surface area (Å²) in [5.74, 6) is -0.0505. The molecule has 4 nitrogen and oxygen atoms in total. The van der Waals surface area contributed by atoms with E-state index in [1.54, 1.807) is 23.6 Å². The standard InChI is InChI=1S/C12H14N2O2S2/c1-7(2)17-6-11-14-10(5-18-11)8-3-9(12(15)16)13-4-8/h3-5,7,13H,6H2,1-2H3,(H,15,16). The zero-order chi connectivity index (χ0) is 13.1. The number of aromatic carboxylic acids is 1. The molecule has 0 aromatic carbocycles. The second-order valence-electron chi connectivity index (χ2n) is 4.09. The summed E-state index contributed by atoms with van der Waals surface area (Å²) >= 11 is 3.46. The Labute approximate surface area is 113 Å². The Balaban J connectivity index is 2.11. The highest BCUT2D eigenvalue weighted by Gasteiger charge is 2.10. The van der Waals surface area contributed by atoms with E-state index in [1.807, 2.05) is 17.1 Å². The number of H-pyrrole nitrogens is 1. The van der Waals surface area contributed by atoms with Crippen LogP contribution in [0.3, 0.4) is 0 Å². The first-order chi connectivity index (χ1) is 8.56. The molecule has 2 N–H and O–H groups in total. The molecule has 2 aromatic rings. The summed E-state index contributed by atoms with van der Waals surface area (Å²) in [5, 5.41) is 12.5. The topological polar surface area (TPSA) is 66.0 Å². The normalized spacial score (nSPS) is 11.1. The fourth-order valence-electron chi connectivity index (χ4n) is 1.41. The summed E-state index contributed by atoms with van der Waals surface area (Å²) in [6, 6.07) is 1.61. The van der Waals surface area contributed by atoms with Gasteiger partial charge in [-0.15, -0.1) is 11.3 Å². The number of carboxylic acids is 1. The molecular weight excluding hydrogens is 268 g/mol. The van der Waals surface area contributed by atoms with Gasteiger partial charge in [0.1, 0.15) is 10.7 Å². The Morgan fingerprint density at radius 2 is 2.39 bits per heavy atom. The Hall–Kier alpha value is -1.27. The maximum atomic E-state index is 10.8. The van der Waals surface area contributed by atoms with E-state index in [0.29, 0.717) is 5.25 Å². The molecule has 0 saturated carbocycles. The van der Waals surface area contributed by atoms with Crippen LogP contribution in [0.5, 0.6) is 0 Å². The Morgan fingerprint density at radius 1 is 1.61 bits per heavy atom. The lowest BCUT2D eigenvalue weighted by Crippen LogP contribution is -1.94. The molecule has 0 saturated heterocycles. The molecule has 2 aromatic heterocycles. The predicted octanol–water partition coefficient (Wildman–Crippen LogP) is 3.48. The van der Waals surface area contributed by atoms with Crippen LogP contribution >= 0.6 is 23.1 Å². The van der Waals surface area contributed by atoms with Gasteiger partial charge in [-0.05, 0) is 11.3 Å². The molecule has 0 unspecified atom stereocenters. The van der Waals surface area contributed by atoms with Gasteiger partial charge in [0.2, 0.25) is 0 Å². The van der Waals surface area contributed by atoms with Gasteiger partial charge in [0.15, 0.2) is 0 Å². The number of hydrogen-bond donors (Lipinski definition) is 2. The third kappa shape index (κ3) is 3.14. The third-order valence-corrected chi connectivity index (χ3v) is 4.44. The van der Waals surface area contributed by atoms with Gasteiger partial charge in [-0.3, -0.25) is 0 Å². The first-order valence-corrected chi connectivity index (χ1v) is 7.47. The summed E-state index contributed by atoms with van der Waals surface area (Å²) in [5.41, 5.74) is 1.85. The number of thiazole rings is 1. The highest BCUT2D eigenvalue weighted by Crippen LogP contribution is 2.26. The van der Waals surface area contributed by atoms with Gasteiger partial charge in [-0.25, -0.2) is 9.78 Å². The zero-order valence-electron chi connectivity index (χ0n) is 10.1. The van der Waals surface area contributed by atoms with Gasteiger partial charge in [0.05, 0.1) is 5.69 Å². The third-order valence-electron chi connectivity index (χ3n) is 2.30. The van der Waals surface area contributed by atoms with E-state index in [-0.39, 0.29) is 5.69 Å². The van der Waals surface area contributed by atoms with Crippen LogP contribution in [0.4, 0.5) is 0 Å². The van der Waals surface area contributed by atoms with Crippen LogP contribution in [-0.2, 0) is 5.75 Å². The number of carboxylic acid groups (broad SMARTS) is 1. The lowest BCUT2D eigenvalue weighted by molar-refractivity contribution is 0.0691. The van der Waals surface area contributed by atoms with E-state index < -0.39 is 5.97 Å². The van der Waals surface area contributed by atoms with Crippen molar-refractivity contribution in [3.63, 3.8) is 0 Å². The van der Waals surface area contributed by atoms with Crippen LogP contribution in [0, 0.1) is 0 Å². The molecule has 0 radical (unpaired) electrons. The minimum Gasteiger partial charge on any atom is -0.477 e. The number of nitrogens with one attached hydrogen (secondary N) is 1. The molecule has 0 aliphatic rings. The number of nitrogens with zero attached hydrogens (tertiary/aromatic N) is 1. The molecule has 0 aliphatic carbocycles. The molecule has 2 heterocycles. The van der Waals surface area contributed by atoms with Gasteiger partial charge in [-0.2, -0.15) is 11.8 Å². The average molecular weight is 282 g/mol. The Kier molecular flexibility index (Phi) is 4.08. The van der Waals surface area contributed by atoms with Crippen molar-refractivity contribution in [2.24, 2.45) is 0 Å². The van der Waals surface area contributed by atoms with E-state index >= 15 is 0 Å². The molecule has 0 atom stereocenters. The second-order valence-corrected chi connectivity index (χ2v) is 6.60. The molecule has 2 rings (SSSR count). The van der Waals surface area contributed by atoms with Gasteiger partial charge in [-0.1, -0.05) is 13.8 Å². The molecule has 0 fully saturated rings. The molecular formula is C12H14N2O2S2. The number of thioether (sulfide) groups is 1. The first kappa shape index (κ1) is 13.2. The first-order valence-electron chi connectivity index (χ1n) is 5.54. The van der Waals surface area contributed by atoms with Gasteiger partial charge in [0, 0.05) is 22.9 Å². The van der Waals surface area contributed by atoms with Crippen LogP contribution in [0.2, 0.25) is 0 Å². The van der Waals surface area contributed by atoms with Crippen LogP contribution < -0.4 is 0 Å². The number of hydrogen-bond acceptors (Lipinski definition) is 4. The number of carbonyl (C=O) groups is 1. The maximum absolute atomic E-state index is 10.8. The van der Waals surface area contributed by atoms with E-state index in [0.717, 1.165) is 22.0 Å². The summed E-state index contributed by atoms with van der Waals surface area (Å²) in [6.07, 6.45) is 1.68. The van der Waals surface area contributed by atoms with Crippen LogP contribution in [0.15, 0.2) is 17.6 Å². The van der Waals surface area contributed by atoms with Gasteiger partial charge >= 0.3 is 5.97 Å². The predicted molar refractivity (Wildman–Crippen MR) is 75.3 cm³/mol. The minimum absolute atomic E-state index is 0.191. The van der Waals surface area contributed by atoms with Gasteiger partial charge in [0.25, 0.3) is 0 Å². The Morgan fingerprint density at radius 3 is 3.00 bits per heavy atom. The van der Waals surface area contributed by atoms with E-state index in [1.165, 1.54) is 0 Å². The van der Waals surface area contributed by atoms with Crippen molar-refractivity contribution in [1.82, 2.24) is 9.97 Å². The quantitative estimate of drug-likeness (QED) is 0.881. The molecule has 18 heavy (non-hydrogen) atoms. The van der Waals surface area contributed by atoms with Crippen molar-refractivity contribution in [1.29, 1.82) is 0 Å². The monoisotopic (exact) mass is 282 g/mol. The molecule has 6 heteroatoms. The van der Waals surface area contributed by atoms with Gasteiger partial charge < -0.3 is 10.1 Å². The van der Waals surface area contributed by atoms with Crippen molar-refractivity contribution in [3.05, 3.63) is 28.3 Å². The minimum atomic E-state index is -0.952. The SMILES string of the molecule is CC(C)SCc1nc(-c2c[nH]c(C(=O)O)c2)cs1. The van der Waals surface area contributed by atoms with Crippen molar-refractivity contribution in [3.8, 4) is 11.3 Å². The van der Waals surface area contributed by atoms with Crippen molar-refractivity contribution >= 4 is 29.1 Å². The summed E-state index contributed by atoms with van der Waals surface area (Å²) in [6.45, 7) is 4.31. The molecule has 0 aliphatic heterocycles. The number of aromatic nitrogens is 2. The summed E-state index contributed by atoms with van der Waals surface area (Å²) < 4.78 is 0. The van der Waals surface area contributed by atoms with Crippen molar-refractivity contribution in [2.75, 3.05) is 0 Å². The van der Waals surface area contributed by atoms with E-state index in [2.05, 4.69) is 23.8 Å². The highest BCUT2D eigenvalue weighted by molar-refractivity contribution is 7.99. The lowest BCUT2D eigenvalue weighted by Gasteiger charge is -2.00. The van der Waals surface area contributed by atoms with Crippen LogP contribution in [0.1, 0.15) is 29.3 Å². The largest absolute Gasteiger partial charge is 0.477 e. The van der Waals surface area contributed by atoms with Crippen LogP contribution in [0.25, 0.3) is 11.3 Å². The highest BCUT2D eigenvalue weighted by atomic mass is 32.2. The lowest BCUT2D eigenvalue weighted by atomic mass is 10.2. The summed E-state index contributed by atoms with van der Waals surface area (Å²) in [4.78, 5) is 18.0.